The topological polar surface area (TPSA) is 21.3 Å². The van der Waals surface area contributed by atoms with Crippen molar-refractivity contribution in [3.05, 3.63) is 0 Å². The van der Waals surface area contributed by atoms with Crippen molar-refractivity contribution in [1.82, 2.24) is 5.32 Å². The molecule has 1 N–H and O–H groups in total. The van der Waals surface area contributed by atoms with Crippen LogP contribution in [0, 0.1) is 5.92 Å². The maximum absolute atomic E-state index is 6.23. The highest BCUT2D eigenvalue weighted by molar-refractivity contribution is 7.99. The molecule has 2 unspecified atom stereocenters. The summed E-state index contributed by atoms with van der Waals surface area (Å²) in [6.45, 7) is 4.37. The van der Waals surface area contributed by atoms with E-state index in [1.807, 2.05) is 0 Å². The summed E-state index contributed by atoms with van der Waals surface area (Å²) in [5, 5.41) is 4.76. The van der Waals surface area contributed by atoms with Crippen molar-refractivity contribution in [2.45, 2.75) is 88.0 Å². The van der Waals surface area contributed by atoms with Gasteiger partial charge < -0.3 is 10.1 Å². The van der Waals surface area contributed by atoms with Gasteiger partial charge in [-0.25, -0.2) is 0 Å². The van der Waals surface area contributed by atoms with Gasteiger partial charge in [-0.3, -0.25) is 0 Å². The van der Waals surface area contributed by atoms with Crippen LogP contribution in [0.25, 0.3) is 0 Å². The van der Waals surface area contributed by atoms with Gasteiger partial charge in [0.05, 0.1) is 5.60 Å². The Kier molecular flexibility index (Phi) is 5.92. The molecule has 0 aromatic carbocycles. The lowest BCUT2D eigenvalue weighted by molar-refractivity contribution is -0.0966. The molecule has 1 aliphatic heterocycles. The second kappa shape index (κ2) is 7.70. The Bertz CT molecular complexity index is 310. The quantitative estimate of drug-likeness (QED) is 0.786. The second-order valence-electron chi connectivity index (χ2n) is 7.40. The average Bonchev–Trinajstić information content (AvgIpc) is 3.16. The van der Waals surface area contributed by atoms with Crippen LogP contribution in [0.2, 0.25) is 0 Å². The summed E-state index contributed by atoms with van der Waals surface area (Å²) >= 11 is 2.25. The first kappa shape index (κ1) is 16.1. The highest BCUT2D eigenvalue weighted by atomic mass is 32.2. The molecule has 2 atom stereocenters. The minimum absolute atomic E-state index is 0.272. The summed E-state index contributed by atoms with van der Waals surface area (Å²) in [4.78, 5) is 0. The zero-order valence-corrected chi connectivity index (χ0v) is 14.6. The van der Waals surface area contributed by atoms with Gasteiger partial charge >= 0.3 is 0 Å². The van der Waals surface area contributed by atoms with E-state index < -0.39 is 0 Å². The second-order valence-corrected chi connectivity index (χ2v) is 8.73. The molecule has 0 radical (unpaired) electrons. The van der Waals surface area contributed by atoms with Crippen LogP contribution in [0.5, 0.6) is 0 Å². The highest BCUT2D eigenvalue weighted by Crippen LogP contribution is 2.43. The minimum Gasteiger partial charge on any atom is -0.375 e. The van der Waals surface area contributed by atoms with E-state index in [2.05, 4.69) is 24.0 Å². The lowest BCUT2D eigenvalue weighted by Gasteiger charge is -2.41. The molecule has 0 amide bonds. The predicted octanol–water partition coefficient (Wildman–Crippen LogP) is 4.38. The number of rotatable bonds is 6. The summed E-state index contributed by atoms with van der Waals surface area (Å²) in [6.07, 6.45) is 13.8. The molecule has 0 aromatic rings. The zero-order chi connectivity index (χ0) is 14.5. The number of ether oxygens (including phenoxy) is 1. The standard InChI is InChI=1S/C18H33NOS/c1-2-19-17(14-21-16-7-3-4-8-16)15-9-12-20-18(13-15)10-5-6-11-18/h15-17,19H,2-14H2,1H3. The molecular formula is C18H33NOS. The van der Waals surface area contributed by atoms with E-state index in [1.165, 1.54) is 70.0 Å². The van der Waals surface area contributed by atoms with Crippen molar-refractivity contribution in [2.75, 3.05) is 18.9 Å². The fourth-order valence-corrected chi connectivity index (χ4v) is 6.23. The molecule has 2 aliphatic carbocycles. The van der Waals surface area contributed by atoms with Crippen LogP contribution in [0.15, 0.2) is 0 Å². The molecule has 21 heavy (non-hydrogen) atoms. The van der Waals surface area contributed by atoms with E-state index >= 15 is 0 Å². The summed E-state index contributed by atoms with van der Waals surface area (Å²) in [6, 6.07) is 0.710. The van der Waals surface area contributed by atoms with Gasteiger partial charge in [-0.1, -0.05) is 32.6 Å². The molecule has 3 rings (SSSR count). The molecule has 3 fully saturated rings. The van der Waals surface area contributed by atoms with Gasteiger partial charge in [-0.2, -0.15) is 11.8 Å². The fourth-order valence-electron chi connectivity index (χ4n) is 4.70. The van der Waals surface area contributed by atoms with Gasteiger partial charge in [0.25, 0.3) is 0 Å². The molecule has 2 saturated carbocycles. The van der Waals surface area contributed by atoms with Crippen LogP contribution in [0.1, 0.15) is 71.1 Å². The number of hydrogen-bond acceptors (Lipinski definition) is 3. The molecule has 1 spiro atoms. The molecule has 2 nitrogen and oxygen atoms in total. The summed E-state index contributed by atoms with van der Waals surface area (Å²) < 4.78 is 6.23. The molecule has 3 aliphatic rings. The molecule has 3 heteroatoms. The van der Waals surface area contributed by atoms with E-state index in [9.17, 15) is 0 Å². The Morgan fingerprint density at radius 2 is 1.90 bits per heavy atom. The van der Waals surface area contributed by atoms with Crippen molar-refractivity contribution in [3.8, 4) is 0 Å². The highest BCUT2D eigenvalue weighted by Gasteiger charge is 2.41. The number of hydrogen-bond donors (Lipinski definition) is 1. The maximum atomic E-state index is 6.23. The smallest absolute Gasteiger partial charge is 0.0685 e. The Labute approximate surface area is 135 Å². The van der Waals surface area contributed by atoms with Gasteiger partial charge in [0.15, 0.2) is 0 Å². The molecular weight excluding hydrogens is 278 g/mol. The third-order valence-electron chi connectivity index (χ3n) is 5.89. The van der Waals surface area contributed by atoms with Gasteiger partial charge in [-0.05, 0) is 51.0 Å². The van der Waals surface area contributed by atoms with E-state index in [4.69, 9.17) is 4.74 Å². The van der Waals surface area contributed by atoms with Crippen LogP contribution in [0.3, 0.4) is 0 Å². The zero-order valence-electron chi connectivity index (χ0n) is 13.7. The monoisotopic (exact) mass is 311 g/mol. The van der Waals surface area contributed by atoms with E-state index in [1.54, 1.807) is 0 Å². The predicted molar refractivity (Wildman–Crippen MR) is 92.1 cm³/mol. The van der Waals surface area contributed by atoms with Gasteiger partial charge in [-0.15, -0.1) is 0 Å². The van der Waals surface area contributed by atoms with Crippen LogP contribution >= 0.6 is 11.8 Å². The molecule has 0 aromatic heterocycles. The summed E-state index contributed by atoms with van der Waals surface area (Å²) in [5.41, 5.74) is 0.272. The fraction of sp³-hybridized carbons (Fsp3) is 1.00. The Morgan fingerprint density at radius 3 is 2.62 bits per heavy atom. The minimum atomic E-state index is 0.272. The third-order valence-corrected chi connectivity index (χ3v) is 7.39. The normalized spacial score (nSPS) is 31.0. The van der Waals surface area contributed by atoms with Crippen molar-refractivity contribution in [2.24, 2.45) is 5.92 Å². The van der Waals surface area contributed by atoms with Crippen molar-refractivity contribution < 1.29 is 4.74 Å². The van der Waals surface area contributed by atoms with Crippen LogP contribution in [-0.2, 0) is 4.74 Å². The van der Waals surface area contributed by atoms with Crippen LogP contribution in [-0.4, -0.2) is 35.8 Å². The molecule has 1 heterocycles. The van der Waals surface area contributed by atoms with Crippen molar-refractivity contribution in [1.29, 1.82) is 0 Å². The van der Waals surface area contributed by atoms with Crippen LogP contribution in [0.4, 0.5) is 0 Å². The molecule has 1 saturated heterocycles. The van der Waals surface area contributed by atoms with Gasteiger partial charge in [0.2, 0.25) is 0 Å². The molecule has 0 bridgehead atoms. The van der Waals surface area contributed by atoms with Gasteiger partial charge in [0.1, 0.15) is 0 Å². The first-order valence-electron chi connectivity index (χ1n) is 9.30. The first-order chi connectivity index (χ1) is 10.3. The maximum Gasteiger partial charge on any atom is 0.0685 e. The van der Waals surface area contributed by atoms with E-state index in [-0.39, 0.29) is 5.60 Å². The third kappa shape index (κ3) is 4.17. The lowest BCUT2D eigenvalue weighted by atomic mass is 9.81. The Hall–Kier alpha value is 0.270. The summed E-state index contributed by atoms with van der Waals surface area (Å²) in [5.74, 6) is 2.16. The van der Waals surface area contributed by atoms with Crippen LogP contribution < -0.4 is 5.32 Å². The number of thioether (sulfide) groups is 1. The summed E-state index contributed by atoms with van der Waals surface area (Å²) in [7, 11) is 0. The SMILES string of the molecule is CCNC(CSC1CCCC1)C1CCOC2(CCCC2)C1. The average molecular weight is 312 g/mol. The van der Waals surface area contributed by atoms with Crippen molar-refractivity contribution in [3.63, 3.8) is 0 Å². The Balaban J connectivity index is 1.54. The largest absolute Gasteiger partial charge is 0.375 e. The Morgan fingerprint density at radius 1 is 1.14 bits per heavy atom. The molecule has 122 valence electrons. The lowest BCUT2D eigenvalue weighted by Crippen LogP contribution is -2.47. The first-order valence-corrected chi connectivity index (χ1v) is 10.4. The van der Waals surface area contributed by atoms with E-state index in [0.29, 0.717) is 6.04 Å². The van der Waals surface area contributed by atoms with Gasteiger partial charge in [0, 0.05) is 23.7 Å². The van der Waals surface area contributed by atoms with E-state index in [0.717, 1.165) is 24.3 Å². The van der Waals surface area contributed by atoms with Crippen molar-refractivity contribution >= 4 is 11.8 Å². The number of nitrogens with one attached hydrogen (secondary N) is 1.